The van der Waals surface area contributed by atoms with Crippen molar-refractivity contribution in [2.75, 3.05) is 16.5 Å². The zero-order chi connectivity index (χ0) is 18.8. The topological polar surface area (TPSA) is 19.6 Å². The van der Waals surface area contributed by atoms with E-state index in [0.717, 1.165) is 17.8 Å². The number of nitrogens with zero attached hydrogens (tertiary/aromatic N) is 2. The predicted molar refractivity (Wildman–Crippen MR) is 117 cm³/mol. The number of para-hydroxylation sites is 3. The lowest BCUT2D eigenvalue weighted by atomic mass is 9.80. The number of fused-ring (bicyclic) bond motifs is 4. The summed E-state index contributed by atoms with van der Waals surface area (Å²) in [5, 5.41) is 2.35. The normalized spacial score (nSPS) is 14.3. The van der Waals surface area contributed by atoms with E-state index >= 15 is 0 Å². The molecule has 0 fully saturated rings. The van der Waals surface area contributed by atoms with E-state index in [4.69, 9.17) is 4.42 Å². The molecule has 1 aliphatic heterocycles. The summed E-state index contributed by atoms with van der Waals surface area (Å²) < 4.78 is 6.35. The van der Waals surface area contributed by atoms with Crippen LogP contribution < -0.4 is 9.80 Å². The number of anilines is 3. The van der Waals surface area contributed by atoms with Crippen molar-refractivity contribution in [2.24, 2.45) is 0 Å². The number of furan rings is 1. The third kappa shape index (κ3) is 2.36. The van der Waals surface area contributed by atoms with Crippen LogP contribution in [0.4, 0.5) is 17.1 Å². The largest absolute Gasteiger partial charge is 0.454 e. The highest BCUT2D eigenvalue weighted by molar-refractivity contribution is 6.17. The molecule has 0 radical (unpaired) electrons. The Kier molecular flexibility index (Phi) is 3.36. The van der Waals surface area contributed by atoms with Crippen LogP contribution >= 0.6 is 0 Å². The second-order valence-corrected chi connectivity index (χ2v) is 8.36. The highest BCUT2D eigenvalue weighted by Crippen LogP contribution is 2.47. The van der Waals surface area contributed by atoms with Crippen LogP contribution in [0.15, 0.2) is 65.1 Å². The van der Waals surface area contributed by atoms with Crippen LogP contribution in [0.3, 0.4) is 0 Å². The Hall–Kier alpha value is -2.88. The molecule has 0 bridgehead atoms. The van der Waals surface area contributed by atoms with Crippen LogP contribution in [0.2, 0.25) is 0 Å². The average Bonchev–Trinajstić information content (AvgIpc) is 3.20. The van der Waals surface area contributed by atoms with Crippen molar-refractivity contribution < 1.29 is 4.42 Å². The quantitative estimate of drug-likeness (QED) is 0.463. The summed E-state index contributed by atoms with van der Waals surface area (Å²) in [6, 6.07) is 21.4. The minimum atomic E-state index is 0.0422. The lowest BCUT2D eigenvalue weighted by Crippen LogP contribution is -2.45. The van der Waals surface area contributed by atoms with Crippen molar-refractivity contribution in [3.8, 4) is 0 Å². The van der Waals surface area contributed by atoms with Crippen molar-refractivity contribution in [1.82, 2.24) is 0 Å². The third-order valence-corrected chi connectivity index (χ3v) is 5.55. The first kappa shape index (κ1) is 16.3. The summed E-state index contributed by atoms with van der Waals surface area (Å²) in [7, 11) is 2.27. The second kappa shape index (κ2) is 5.56. The standard InChI is InChI=1S/C23H23BN2O/c1-15-12-13-17-16-8-4-7-11-20(16)27-22(17)21(15)25-14-26(23(2,3)24)19-10-6-5-9-18(19)25/h4-13H,14,24H2,1-3H3. The molecule has 3 aromatic carbocycles. The minimum Gasteiger partial charge on any atom is -0.454 e. The molecule has 0 aliphatic carbocycles. The molecule has 4 heteroatoms. The maximum absolute atomic E-state index is 6.35. The molecule has 0 spiro atoms. The van der Waals surface area contributed by atoms with Gasteiger partial charge < -0.3 is 14.2 Å². The van der Waals surface area contributed by atoms with E-state index in [0.29, 0.717) is 0 Å². The summed E-state index contributed by atoms with van der Waals surface area (Å²) >= 11 is 0. The number of hydrogen-bond donors (Lipinski definition) is 0. The van der Waals surface area contributed by atoms with Crippen LogP contribution in [-0.2, 0) is 0 Å². The Bertz CT molecular complexity index is 1170. The van der Waals surface area contributed by atoms with Crippen molar-refractivity contribution in [3.63, 3.8) is 0 Å². The van der Waals surface area contributed by atoms with Gasteiger partial charge in [-0.25, -0.2) is 0 Å². The van der Waals surface area contributed by atoms with Gasteiger partial charge in [0.2, 0.25) is 0 Å². The van der Waals surface area contributed by atoms with E-state index in [1.54, 1.807) is 0 Å². The molecule has 3 nitrogen and oxygen atoms in total. The Morgan fingerprint density at radius 1 is 0.889 bits per heavy atom. The molecule has 2 heterocycles. The Morgan fingerprint density at radius 2 is 1.59 bits per heavy atom. The number of rotatable bonds is 2. The molecular weight excluding hydrogens is 331 g/mol. The van der Waals surface area contributed by atoms with E-state index in [1.807, 2.05) is 12.1 Å². The number of benzene rings is 3. The smallest absolute Gasteiger partial charge is 0.159 e. The van der Waals surface area contributed by atoms with Gasteiger partial charge in [0.25, 0.3) is 0 Å². The number of aryl methyl sites for hydroxylation is 1. The Labute approximate surface area is 160 Å². The van der Waals surface area contributed by atoms with Crippen LogP contribution in [0.25, 0.3) is 21.9 Å². The summed E-state index contributed by atoms with van der Waals surface area (Å²) in [5.41, 5.74) is 6.87. The van der Waals surface area contributed by atoms with Gasteiger partial charge >= 0.3 is 0 Å². The van der Waals surface area contributed by atoms with Gasteiger partial charge in [-0.1, -0.05) is 42.5 Å². The van der Waals surface area contributed by atoms with Gasteiger partial charge in [-0.05, 0) is 44.5 Å². The fourth-order valence-corrected chi connectivity index (χ4v) is 4.19. The molecule has 0 N–H and O–H groups in total. The third-order valence-electron chi connectivity index (χ3n) is 5.55. The van der Waals surface area contributed by atoms with Crippen LogP contribution in [-0.4, -0.2) is 20.0 Å². The molecular formula is C23H23BN2O. The number of hydrogen-bond acceptors (Lipinski definition) is 3. The Balaban J connectivity index is 1.78. The second-order valence-electron chi connectivity index (χ2n) is 8.36. The first-order chi connectivity index (χ1) is 12.9. The van der Waals surface area contributed by atoms with Gasteiger partial charge in [0, 0.05) is 16.2 Å². The molecule has 134 valence electrons. The van der Waals surface area contributed by atoms with Gasteiger partial charge in [-0.3, -0.25) is 0 Å². The Morgan fingerprint density at radius 3 is 2.37 bits per heavy atom. The SMILES string of the molecule is BC(C)(C)N1CN(c2c(C)ccc3c2oc2ccccc23)c2ccccc21. The fraction of sp³-hybridized carbons (Fsp3) is 0.217. The zero-order valence-electron chi connectivity index (χ0n) is 16.3. The molecule has 5 rings (SSSR count). The first-order valence-electron chi connectivity index (χ1n) is 9.50. The summed E-state index contributed by atoms with van der Waals surface area (Å²) in [6.07, 6.45) is 0. The molecule has 0 saturated carbocycles. The van der Waals surface area contributed by atoms with Gasteiger partial charge in [-0.2, -0.15) is 0 Å². The van der Waals surface area contributed by atoms with E-state index in [9.17, 15) is 0 Å². The van der Waals surface area contributed by atoms with Crippen LogP contribution in [0.1, 0.15) is 19.4 Å². The van der Waals surface area contributed by atoms with Crippen molar-refractivity contribution in [1.29, 1.82) is 0 Å². The maximum Gasteiger partial charge on any atom is 0.159 e. The van der Waals surface area contributed by atoms with Crippen LogP contribution in [0, 0.1) is 6.92 Å². The first-order valence-corrected chi connectivity index (χ1v) is 9.50. The van der Waals surface area contributed by atoms with E-state index < -0.39 is 0 Å². The van der Waals surface area contributed by atoms with Crippen molar-refractivity contribution in [2.45, 2.75) is 26.2 Å². The molecule has 4 aromatic rings. The van der Waals surface area contributed by atoms with Gasteiger partial charge in [0.15, 0.2) is 5.58 Å². The molecule has 0 saturated heterocycles. The molecule has 1 aromatic heterocycles. The average molecular weight is 354 g/mol. The van der Waals surface area contributed by atoms with Crippen molar-refractivity contribution in [3.05, 3.63) is 66.2 Å². The van der Waals surface area contributed by atoms with Crippen molar-refractivity contribution >= 4 is 46.8 Å². The molecule has 0 atom stereocenters. The lowest BCUT2D eigenvalue weighted by molar-refractivity contribution is 0.638. The summed E-state index contributed by atoms with van der Waals surface area (Å²) in [4.78, 5) is 4.86. The summed E-state index contributed by atoms with van der Waals surface area (Å²) in [6.45, 7) is 7.52. The predicted octanol–water partition coefficient (Wildman–Crippen LogP) is 5.18. The zero-order valence-corrected chi connectivity index (χ0v) is 16.3. The van der Waals surface area contributed by atoms with Gasteiger partial charge in [-0.15, -0.1) is 0 Å². The van der Waals surface area contributed by atoms with Gasteiger partial charge in [0.1, 0.15) is 13.4 Å². The highest BCUT2D eigenvalue weighted by atomic mass is 16.3. The molecule has 0 amide bonds. The van der Waals surface area contributed by atoms with Gasteiger partial charge in [0.05, 0.1) is 23.7 Å². The lowest BCUT2D eigenvalue weighted by Gasteiger charge is -2.34. The fourth-order valence-electron chi connectivity index (χ4n) is 4.19. The monoisotopic (exact) mass is 354 g/mol. The van der Waals surface area contributed by atoms with E-state index in [-0.39, 0.29) is 5.44 Å². The summed E-state index contributed by atoms with van der Waals surface area (Å²) in [5.74, 6) is 0. The molecule has 1 aliphatic rings. The molecule has 0 unspecified atom stereocenters. The minimum absolute atomic E-state index is 0.0422. The maximum atomic E-state index is 6.35. The van der Waals surface area contributed by atoms with E-state index in [2.05, 4.69) is 86.9 Å². The molecule has 27 heavy (non-hydrogen) atoms. The van der Waals surface area contributed by atoms with Crippen LogP contribution in [0.5, 0.6) is 0 Å². The van der Waals surface area contributed by atoms with E-state index in [1.165, 1.54) is 33.4 Å². The highest BCUT2D eigenvalue weighted by Gasteiger charge is 2.35.